The number of nitrogens with zero attached hydrogens (tertiary/aromatic N) is 1. The number of carbonyl (C=O) groups is 1. The highest BCUT2D eigenvalue weighted by molar-refractivity contribution is 5.95. The van der Waals surface area contributed by atoms with Gasteiger partial charge in [-0.2, -0.15) is 0 Å². The number of carbonyl (C=O) groups excluding carboxylic acids is 1. The zero-order chi connectivity index (χ0) is 20.6. The summed E-state index contributed by atoms with van der Waals surface area (Å²) in [4.78, 5) is 17.0. The van der Waals surface area contributed by atoms with Crippen molar-refractivity contribution in [1.82, 2.24) is 4.98 Å². The quantitative estimate of drug-likeness (QED) is 0.835. The van der Waals surface area contributed by atoms with Gasteiger partial charge in [0.25, 0.3) is 5.91 Å². The minimum atomic E-state index is -0.914. The van der Waals surface area contributed by atoms with Crippen LogP contribution in [0.4, 0.5) is 14.5 Å². The highest BCUT2D eigenvalue weighted by Crippen LogP contribution is 2.47. The van der Waals surface area contributed by atoms with E-state index in [0.29, 0.717) is 16.9 Å². The molecule has 2 aromatic rings. The lowest BCUT2D eigenvalue weighted by molar-refractivity contribution is -0.131. The van der Waals surface area contributed by atoms with Crippen LogP contribution < -0.4 is 5.32 Å². The van der Waals surface area contributed by atoms with Gasteiger partial charge in [0.1, 0.15) is 6.10 Å². The molecular weight excluding hydrogens is 366 g/mol. The number of aliphatic hydroxyl groups excluding tert-OH is 1. The monoisotopic (exact) mass is 390 g/mol. The van der Waals surface area contributed by atoms with Crippen LogP contribution in [0.15, 0.2) is 30.5 Å². The van der Waals surface area contributed by atoms with E-state index in [1.807, 2.05) is 20.8 Å². The molecule has 3 rings (SSSR count). The topological polar surface area (TPSA) is 71.5 Å². The first-order valence-electron chi connectivity index (χ1n) is 9.14. The number of ether oxygens (including phenoxy) is 1. The highest BCUT2D eigenvalue weighted by Gasteiger charge is 2.51. The van der Waals surface area contributed by atoms with Crippen molar-refractivity contribution in [3.05, 3.63) is 58.9 Å². The van der Waals surface area contributed by atoms with Gasteiger partial charge in [-0.1, -0.05) is 13.0 Å². The number of aromatic nitrogens is 1. The van der Waals surface area contributed by atoms with E-state index in [1.165, 1.54) is 19.2 Å². The molecule has 1 saturated heterocycles. The van der Waals surface area contributed by atoms with E-state index in [0.717, 1.165) is 6.07 Å². The van der Waals surface area contributed by atoms with Crippen molar-refractivity contribution >= 4 is 11.6 Å². The Labute approximate surface area is 162 Å². The van der Waals surface area contributed by atoms with Crippen LogP contribution in [0.5, 0.6) is 0 Å². The summed E-state index contributed by atoms with van der Waals surface area (Å²) in [6, 6.07) is 5.85. The van der Waals surface area contributed by atoms with Crippen molar-refractivity contribution in [2.75, 3.05) is 5.32 Å². The van der Waals surface area contributed by atoms with Crippen molar-refractivity contribution in [3.8, 4) is 0 Å². The lowest BCUT2D eigenvalue weighted by Crippen LogP contribution is -2.33. The number of hydrogen-bond donors (Lipinski definition) is 2. The molecule has 28 heavy (non-hydrogen) atoms. The molecule has 1 aromatic carbocycles. The summed E-state index contributed by atoms with van der Waals surface area (Å²) < 4.78 is 33.8. The third-order valence-corrected chi connectivity index (χ3v) is 5.65. The number of aliphatic hydroxyl groups is 1. The summed E-state index contributed by atoms with van der Waals surface area (Å²) in [6.45, 7) is 7.02. The van der Waals surface area contributed by atoms with Crippen molar-refractivity contribution in [2.45, 2.75) is 51.9 Å². The van der Waals surface area contributed by atoms with Crippen molar-refractivity contribution in [2.24, 2.45) is 5.92 Å². The molecule has 1 fully saturated rings. The number of rotatable bonds is 4. The predicted molar refractivity (Wildman–Crippen MR) is 101 cm³/mol. The van der Waals surface area contributed by atoms with Gasteiger partial charge in [0, 0.05) is 5.92 Å². The van der Waals surface area contributed by atoms with Crippen LogP contribution in [0.25, 0.3) is 0 Å². The molecule has 1 aromatic heterocycles. The van der Waals surface area contributed by atoms with E-state index < -0.39 is 29.3 Å². The van der Waals surface area contributed by atoms with Crippen molar-refractivity contribution in [3.63, 3.8) is 0 Å². The summed E-state index contributed by atoms with van der Waals surface area (Å²) >= 11 is 0. The standard InChI is InChI=1S/C21H24F2N2O3/c1-11-15(7-8-16(22)18(11)23)17-12(2)21(3,4)28-19(17)20(27)25-13-5-6-14(10-26)24-9-13/h5-9,12,17,19,26H,10H2,1-4H3,(H,25,27)/t12-,17+,19-/m0/s1. The maximum atomic E-state index is 14.2. The van der Waals surface area contributed by atoms with E-state index in [9.17, 15) is 13.6 Å². The van der Waals surface area contributed by atoms with Gasteiger partial charge in [0.15, 0.2) is 11.6 Å². The molecule has 150 valence electrons. The zero-order valence-electron chi connectivity index (χ0n) is 16.3. The van der Waals surface area contributed by atoms with Crippen LogP contribution >= 0.6 is 0 Å². The maximum absolute atomic E-state index is 14.2. The summed E-state index contributed by atoms with van der Waals surface area (Å²) in [5.41, 5.74) is 1.07. The maximum Gasteiger partial charge on any atom is 0.254 e. The van der Waals surface area contributed by atoms with Crippen LogP contribution in [0.3, 0.4) is 0 Å². The Morgan fingerprint density at radius 2 is 2.00 bits per heavy atom. The van der Waals surface area contributed by atoms with E-state index in [4.69, 9.17) is 9.84 Å². The number of benzene rings is 1. The summed E-state index contributed by atoms with van der Waals surface area (Å²) in [7, 11) is 0. The Kier molecular flexibility index (Phi) is 5.50. The van der Waals surface area contributed by atoms with Crippen LogP contribution in [0.2, 0.25) is 0 Å². The van der Waals surface area contributed by atoms with Gasteiger partial charge >= 0.3 is 0 Å². The second-order valence-electron chi connectivity index (χ2n) is 7.72. The molecule has 3 atom stereocenters. The van der Waals surface area contributed by atoms with E-state index in [1.54, 1.807) is 12.1 Å². The molecular formula is C21H24F2N2O3. The molecule has 1 aliphatic rings. The van der Waals surface area contributed by atoms with Gasteiger partial charge < -0.3 is 15.2 Å². The largest absolute Gasteiger partial charge is 0.390 e. The molecule has 1 amide bonds. The van der Waals surface area contributed by atoms with Gasteiger partial charge in [-0.25, -0.2) is 8.78 Å². The lowest BCUT2D eigenvalue weighted by atomic mass is 9.77. The van der Waals surface area contributed by atoms with Crippen LogP contribution in [-0.4, -0.2) is 27.7 Å². The minimum absolute atomic E-state index is 0.110. The lowest BCUT2D eigenvalue weighted by Gasteiger charge is -2.25. The average molecular weight is 390 g/mol. The Bertz CT molecular complexity index is 884. The average Bonchev–Trinajstić information content (AvgIpc) is 2.91. The first-order valence-corrected chi connectivity index (χ1v) is 9.14. The molecule has 0 bridgehead atoms. The molecule has 2 N–H and O–H groups in total. The number of pyridine rings is 1. The molecule has 7 heteroatoms. The predicted octanol–water partition coefficient (Wildman–Crippen LogP) is 3.70. The first kappa shape index (κ1) is 20.4. The molecule has 0 unspecified atom stereocenters. The highest BCUT2D eigenvalue weighted by atomic mass is 19.2. The van der Waals surface area contributed by atoms with Crippen LogP contribution in [-0.2, 0) is 16.1 Å². The van der Waals surface area contributed by atoms with Crippen molar-refractivity contribution in [1.29, 1.82) is 0 Å². The van der Waals surface area contributed by atoms with Crippen molar-refractivity contribution < 1.29 is 23.4 Å². The van der Waals surface area contributed by atoms with Crippen LogP contribution in [0, 0.1) is 24.5 Å². The molecule has 0 aliphatic carbocycles. The smallest absolute Gasteiger partial charge is 0.254 e. The second-order valence-corrected chi connectivity index (χ2v) is 7.72. The summed E-state index contributed by atoms with van der Waals surface area (Å²) in [5.74, 6) is -2.75. The molecule has 1 aliphatic heterocycles. The van der Waals surface area contributed by atoms with Gasteiger partial charge in [0.05, 0.1) is 29.8 Å². The van der Waals surface area contributed by atoms with Gasteiger partial charge in [-0.05, 0) is 56.0 Å². The Morgan fingerprint density at radius 1 is 1.29 bits per heavy atom. The Balaban J connectivity index is 1.93. The summed E-state index contributed by atoms with van der Waals surface area (Å²) in [5, 5.41) is 11.8. The number of anilines is 1. The molecule has 0 spiro atoms. The Hall–Kier alpha value is -2.38. The fourth-order valence-electron chi connectivity index (χ4n) is 3.68. The number of nitrogens with one attached hydrogen (secondary N) is 1. The number of hydrogen-bond acceptors (Lipinski definition) is 4. The zero-order valence-corrected chi connectivity index (χ0v) is 16.3. The first-order chi connectivity index (χ1) is 13.2. The molecule has 5 nitrogen and oxygen atoms in total. The molecule has 2 heterocycles. The van der Waals surface area contributed by atoms with E-state index >= 15 is 0 Å². The SMILES string of the molecule is Cc1c([C@@H]2[C@@H](C(=O)Nc3ccc(CO)nc3)OC(C)(C)[C@H]2C)ccc(F)c1F. The molecule has 0 saturated carbocycles. The fraction of sp³-hybridized carbons (Fsp3) is 0.429. The Morgan fingerprint density at radius 3 is 2.61 bits per heavy atom. The fourth-order valence-corrected chi connectivity index (χ4v) is 3.68. The third kappa shape index (κ3) is 3.64. The van der Waals surface area contributed by atoms with E-state index in [2.05, 4.69) is 10.3 Å². The van der Waals surface area contributed by atoms with Gasteiger partial charge in [0.2, 0.25) is 0 Å². The van der Waals surface area contributed by atoms with E-state index in [-0.39, 0.29) is 24.0 Å². The third-order valence-electron chi connectivity index (χ3n) is 5.65. The second kappa shape index (κ2) is 7.56. The normalized spacial score (nSPS) is 23.6. The minimum Gasteiger partial charge on any atom is -0.390 e. The van der Waals surface area contributed by atoms with Gasteiger partial charge in [-0.3, -0.25) is 9.78 Å². The van der Waals surface area contributed by atoms with Gasteiger partial charge in [-0.15, -0.1) is 0 Å². The van der Waals surface area contributed by atoms with Crippen LogP contribution in [0.1, 0.15) is 43.5 Å². The summed E-state index contributed by atoms with van der Waals surface area (Å²) in [6.07, 6.45) is 0.580. The molecule has 0 radical (unpaired) electrons. The number of halogens is 2. The number of amides is 1.